The molecule has 1 fully saturated rings. The second-order valence-corrected chi connectivity index (χ2v) is 7.36. The van der Waals surface area contributed by atoms with Gasteiger partial charge in [0.25, 0.3) is 5.91 Å². The molecule has 0 radical (unpaired) electrons. The van der Waals surface area contributed by atoms with Gasteiger partial charge in [-0.2, -0.15) is 0 Å². The van der Waals surface area contributed by atoms with Gasteiger partial charge in [-0.1, -0.05) is 0 Å². The summed E-state index contributed by atoms with van der Waals surface area (Å²) < 4.78 is 35.7. The fraction of sp³-hybridized carbons (Fsp3) is 0.533. The van der Waals surface area contributed by atoms with E-state index in [9.17, 15) is 13.2 Å². The average molecular weight is 342 g/mol. The summed E-state index contributed by atoms with van der Waals surface area (Å²) in [5, 5.41) is 0. The Morgan fingerprint density at radius 1 is 1.22 bits per heavy atom. The van der Waals surface area contributed by atoms with Gasteiger partial charge in [0.15, 0.2) is 0 Å². The summed E-state index contributed by atoms with van der Waals surface area (Å²) in [6.45, 7) is 0.950. The van der Waals surface area contributed by atoms with Gasteiger partial charge in [0.2, 0.25) is 10.0 Å². The molecule has 1 aliphatic rings. The van der Waals surface area contributed by atoms with Crippen molar-refractivity contribution in [1.29, 1.82) is 0 Å². The Kier molecular flexibility index (Phi) is 5.48. The van der Waals surface area contributed by atoms with E-state index < -0.39 is 10.0 Å². The zero-order valence-corrected chi connectivity index (χ0v) is 14.4. The van der Waals surface area contributed by atoms with Gasteiger partial charge in [-0.05, 0) is 25.0 Å². The Bertz CT molecular complexity index is 652. The smallest absolute Gasteiger partial charge is 0.254 e. The first-order valence-corrected chi connectivity index (χ1v) is 9.21. The van der Waals surface area contributed by atoms with Crippen LogP contribution in [0.4, 0.5) is 0 Å². The van der Waals surface area contributed by atoms with E-state index in [-0.39, 0.29) is 11.9 Å². The molecule has 1 aliphatic heterocycles. The Morgan fingerprint density at radius 3 is 2.35 bits per heavy atom. The second-order valence-electron chi connectivity index (χ2n) is 5.58. The maximum Gasteiger partial charge on any atom is 0.254 e. The number of methoxy groups -OCH3 is 2. The molecule has 0 saturated carbocycles. The van der Waals surface area contributed by atoms with Gasteiger partial charge in [-0.15, -0.1) is 0 Å². The van der Waals surface area contributed by atoms with Gasteiger partial charge >= 0.3 is 0 Å². The maximum atomic E-state index is 12.7. The van der Waals surface area contributed by atoms with Crippen molar-refractivity contribution in [3.63, 3.8) is 0 Å². The molecule has 1 aromatic carbocycles. The average Bonchev–Trinajstić information content (AvgIpc) is 2.52. The number of rotatable bonds is 5. The van der Waals surface area contributed by atoms with Crippen molar-refractivity contribution >= 4 is 15.9 Å². The molecule has 23 heavy (non-hydrogen) atoms. The normalized spacial score (nSPS) is 18.6. The molecule has 0 aliphatic carbocycles. The fourth-order valence-corrected chi connectivity index (χ4v) is 3.47. The number of likely N-dealkylation sites (tertiary alicyclic amines) is 1. The van der Waals surface area contributed by atoms with Crippen molar-refractivity contribution in [2.75, 3.05) is 33.6 Å². The molecule has 0 spiro atoms. The maximum absolute atomic E-state index is 12.7. The predicted octanol–water partition coefficient (Wildman–Crippen LogP) is 0.858. The highest BCUT2D eigenvalue weighted by molar-refractivity contribution is 7.88. The van der Waals surface area contributed by atoms with Gasteiger partial charge < -0.3 is 14.4 Å². The zero-order chi connectivity index (χ0) is 17.0. The molecule has 2 rings (SSSR count). The largest absolute Gasteiger partial charge is 0.497 e. The van der Waals surface area contributed by atoms with Crippen molar-refractivity contribution in [3.05, 3.63) is 23.8 Å². The minimum atomic E-state index is -3.29. The molecule has 0 aromatic heterocycles. The quantitative estimate of drug-likeness (QED) is 0.858. The number of amides is 1. The van der Waals surface area contributed by atoms with Crippen LogP contribution < -0.4 is 14.2 Å². The molecular formula is C15H22N2O5S. The fourth-order valence-electron chi connectivity index (χ4n) is 2.67. The van der Waals surface area contributed by atoms with Crippen LogP contribution in [-0.4, -0.2) is 58.8 Å². The third-order valence-electron chi connectivity index (χ3n) is 3.69. The number of sulfonamides is 1. The molecule has 1 aromatic rings. The van der Waals surface area contributed by atoms with Crippen molar-refractivity contribution in [2.24, 2.45) is 0 Å². The van der Waals surface area contributed by atoms with Crippen molar-refractivity contribution in [1.82, 2.24) is 9.62 Å². The van der Waals surface area contributed by atoms with Gasteiger partial charge in [0, 0.05) is 30.8 Å². The van der Waals surface area contributed by atoms with Gasteiger partial charge in [-0.25, -0.2) is 13.1 Å². The lowest BCUT2D eigenvalue weighted by Crippen LogP contribution is -2.49. The van der Waals surface area contributed by atoms with Crippen LogP contribution in [0, 0.1) is 0 Å². The predicted molar refractivity (Wildman–Crippen MR) is 86.5 cm³/mol. The number of carbonyl (C=O) groups is 1. The molecule has 1 heterocycles. The standard InChI is InChI=1S/C15H22N2O5S/c1-21-13-7-11(8-14(9-13)22-2)15(18)17-6-4-5-12(10-17)16-23(3,19)20/h7-9,12,16H,4-6,10H2,1-3H3/t12-/m0/s1. The highest BCUT2D eigenvalue weighted by Crippen LogP contribution is 2.24. The summed E-state index contributed by atoms with van der Waals surface area (Å²) in [4.78, 5) is 14.3. The number of piperidine rings is 1. The lowest BCUT2D eigenvalue weighted by molar-refractivity contribution is 0.0702. The van der Waals surface area contributed by atoms with Crippen LogP contribution in [0.2, 0.25) is 0 Å². The number of ether oxygens (including phenoxy) is 2. The summed E-state index contributed by atoms with van der Waals surface area (Å²) in [7, 11) is -0.239. The van der Waals surface area contributed by atoms with Gasteiger partial charge in [-0.3, -0.25) is 4.79 Å². The SMILES string of the molecule is COc1cc(OC)cc(C(=O)N2CCC[C@H](NS(C)(=O)=O)C2)c1. The highest BCUT2D eigenvalue weighted by atomic mass is 32.2. The number of nitrogens with one attached hydrogen (secondary N) is 1. The zero-order valence-electron chi connectivity index (χ0n) is 13.5. The summed E-state index contributed by atoms with van der Waals surface area (Å²) in [5.74, 6) is 0.910. The monoisotopic (exact) mass is 342 g/mol. The minimum absolute atomic E-state index is 0.165. The Balaban J connectivity index is 2.16. The summed E-state index contributed by atoms with van der Waals surface area (Å²) in [6, 6.07) is 4.74. The van der Waals surface area contributed by atoms with Crippen LogP contribution in [0.1, 0.15) is 23.2 Å². The van der Waals surface area contributed by atoms with Crippen LogP contribution in [0.15, 0.2) is 18.2 Å². The van der Waals surface area contributed by atoms with E-state index in [4.69, 9.17) is 9.47 Å². The summed E-state index contributed by atoms with van der Waals surface area (Å²) in [5.41, 5.74) is 0.459. The second kappa shape index (κ2) is 7.18. The topological polar surface area (TPSA) is 84.9 Å². The first-order valence-electron chi connectivity index (χ1n) is 7.32. The Labute approximate surface area is 136 Å². The van der Waals surface area contributed by atoms with Crippen molar-refractivity contribution in [2.45, 2.75) is 18.9 Å². The molecular weight excluding hydrogens is 320 g/mol. The van der Waals surface area contributed by atoms with E-state index in [0.717, 1.165) is 19.1 Å². The molecule has 128 valence electrons. The first kappa shape index (κ1) is 17.6. The Morgan fingerprint density at radius 2 is 1.83 bits per heavy atom. The van der Waals surface area contributed by atoms with E-state index in [1.165, 1.54) is 14.2 Å². The van der Waals surface area contributed by atoms with Crippen molar-refractivity contribution in [3.8, 4) is 11.5 Å². The molecule has 1 amide bonds. The molecule has 1 saturated heterocycles. The van der Waals surface area contributed by atoms with E-state index in [1.54, 1.807) is 23.1 Å². The van der Waals surface area contributed by atoms with E-state index >= 15 is 0 Å². The molecule has 1 N–H and O–H groups in total. The van der Waals surface area contributed by atoms with Crippen LogP contribution in [0.3, 0.4) is 0 Å². The van der Waals surface area contributed by atoms with Crippen LogP contribution >= 0.6 is 0 Å². The summed E-state index contributed by atoms with van der Waals surface area (Å²) in [6.07, 6.45) is 2.60. The number of carbonyl (C=O) groups excluding carboxylic acids is 1. The molecule has 1 atom stereocenters. The van der Waals surface area contributed by atoms with Gasteiger partial charge in [0.1, 0.15) is 11.5 Å². The summed E-state index contributed by atoms with van der Waals surface area (Å²) >= 11 is 0. The minimum Gasteiger partial charge on any atom is -0.497 e. The van der Waals surface area contributed by atoms with E-state index in [1.807, 2.05) is 0 Å². The van der Waals surface area contributed by atoms with E-state index in [2.05, 4.69) is 4.72 Å². The van der Waals surface area contributed by atoms with Crippen LogP contribution in [0.25, 0.3) is 0 Å². The molecule has 0 unspecified atom stereocenters. The third-order valence-corrected chi connectivity index (χ3v) is 4.45. The molecule has 7 nitrogen and oxygen atoms in total. The van der Waals surface area contributed by atoms with Crippen molar-refractivity contribution < 1.29 is 22.7 Å². The number of hydrogen-bond donors (Lipinski definition) is 1. The highest BCUT2D eigenvalue weighted by Gasteiger charge is 2.26. The van der Waals surface area contributed by atoms with Gasteiger partial charge in [0.05, 0.1) is 20.5 Å². The van der Waals surface area contributed by atoms with Crippen LogP contribution in [-0.2, 0) is 10.0 Å². The third kappa shape index (κ3) is 4.84. The first-order chi connectivity index (χ1) is 10.8. The number of hydrogen-bond acceptors (Lipinski definition) is 5. The lowest BCUT2D eigenvalue weighted by atomic mass is 10.1. The number of nitrogens with zero attached hydrogens (tertiary/aromatic N) is 1. The Hall–Kier alpha value is -1.80. The van der Waals surface area contributed by atoms with Crippen LogP contribution in [0.5, 0.6) is 11.5 Å². The lowest BCUT2D eigenvalue weighted by Gasteiger charge is -2.32. The van der Waals surface area contributed by atoms with E-state index in [0.29, 0.717) is 30.2 Å². The molecule has 8 heteroatoms. The molecule has 0 bridgehead atoms. The number of benzene rings is 1.